The first-order valence-corrected chi connectivity index (χ1v) is 7.76. The third-order valence-electron chi connectivity index (χ3n) is 2.69. The summed E-state index contributed by atoms with van der Waals surface area (Å²) in [7, 11) is 0. The molecule has 0 radical (unpaired) electrons. The molecule has 10 heteroatoms. The molecule has 1 N–H and O–H groups in total. The Balaban J connectivity index is 1.77. The SMILES string of the molecule is O=C(COC(=O)C=Cc1ccc(Br)o1)Nc1ccc(OC(F)(F)F)cc1. The van der Waals surface area contributed by atoms with Gasteiger partial charge >= 0.3 is 12.3 Å². The van der Waals surface area contributed by atoms with Gasteiger partial charge in [0.05, 0.1) is 0 Å². The Hall–Kier alpha value is -2.75. The minimum Gasteiger partial charge on any atom is -0.452 e. The highest BCUT2D eigenvalue weighted by Crippen LogP contribution is 2.23. The smallest absolute Gasteiger partial charge is 0.452 e. The van der Waals surface area contributed by atoms with E-state index in [1.807, 2.05) is 0 Å². The second-order valence-electron chi connectivity index (χ2n) is 4.70. The van der Waals surface area contributed by atoms with Crippen molar-refractivity contribution in [1.29, 1.82) is 0 Å². The van der Waals surface area contributed by atoms with Gasteiger partial charge in [0.2, 0.25) is 0 Å². The van der Waals surface area contributed by atoms with Gasteiger partial charge in [-0.1, -0.05) is 0 Å². The maximum atomic E-state index is 12.0. The number of nitrogens with one attached hydrogen (secondary N) is 1. The van der Waals surface area contributed by atoms with Gasteiger partial charge in [-0.3, -0.25) is 4.79 Å². The Morgan fingerprint density at radius 3 is 2.42 bits per heavy atom. The number of halogens is 4. The molecular formula is C16H11BrF3NO5. The summed E-state index contributed by atoms with van der Waals surface area (Å²) in [6.07, 6.45) is -2.34. The molecule has 26 heavy (non-hydrogen) atoms. The number of hydrogen-bond donors (Lipinski definition) is 1. The van der Waals surface area contributed by atoms with Gasteiger partial charge < -0.3 is 19.2 Å². The summed E-state index contributed by atoms with van der Waals surface area (Å²) >= 11 is 3.11. The van der Waals surface area contributed by atoms with Crippen molar-refractivity contribution in [2.24, 2.45) is 0 Å². The van der Waals surface area contributed by atoms with Gasteiger partial charge in [0, 0.05) is 11.8 Å². The first kappa shape index (κ1) is 19.6. The van der Waals surface area contributed by atoms with E-state index in [9.17, 15) is 22.8 Å². The topological polar surface area (TPSA) is 77.8 Å². The van der Waals surface area contributed by atoms with E-state index in [0.29, 0.717) is 10.4 Å². The largest absolute Gasteiger partial charge is 0.573 e. The van der Waals surface area contributed by atoms with Crippen LogP contribution in [-0.4, -0.2) is 24.8 Å². The average molecular weight is 434 g/mol. The van der Waals surface area contributed by atoms with Crippen LogP contribution in [0.25, 0.3) is 6.08 Å². The lowest BCUT2D eigenvalue weighted by Gasteiger charge is -2.10. The molecule has 0 bridgehead atoms. The van der Waals surface area contributed by atoms with Crippen molar-refractivity contribution in [1.82, 2.24) is 0 Å². The van der Waals surface area contributed by atoms with Crippen molar-refractivity contribution in [2.75, 3.05) is 11.9 Å². The van der Waals surface area contributed by atoms with Crippen LogP contribution in [0.3, 0.4) is 0 Å². The molecule has 1 aromatic carbocycles. The molecule has 0 aliphatic rings. The van der Waals surface area contributed by atoms with Crippen LogP contribution in [0.5, 0.6) is 5.75 Å². The highest BCUT2D eigenvalue weighted by Gasteiger charge is 2.30. The zero-order valence-corrected chi connectivity index (χ0v) is 14.5. The number of alkyl halides is 3. The molecule has 138 valence electrons. The summed E-state index contributed by atoms with van der Waals surface area (Å²) in [5.74, 6) is -1.42. The van der Waals surface area contributed by atoms with Crippen LogP contribution in [0.2, 0.25) is 0 Å². The zero-order chi connectivity index (χ0) is 19.2. The molecule has 0 spiro atoms. The Kier molecular flexibility index (Phi) is 6.45. The van der Waals surface area contributed by atoms with Crippen LogP contribution in [0.1, 0.15) is 5.76 Å². The second-order valence-corrected chi connectivity index (χ2v) is 5.48. The molecule has 1 amide bonds. The highest BCUT2D eigenvalue weighted by molar-refractivity contribution is 9.10. The van der Waals surface area contributed by atoms with Crippen molar-refractivity contribution in [3.05, 3.63) is 52.9 Å². The molecule has 2 rings (SSSR count). The number of ether oxygens (including phenoxy) is 2. The summed E-state index contributed by atoms with van der Waals surface area (Å²) in [5.41, 5.74) is 0.219. The monoisotopic (exact) mass is 433 g/mol. The van der Waals surface area contributed by atoms with E-state index in [-0.39, 0.29) is 5.69 Å². The molecule has 0 saturated carbocycles. The lowest BCUT2D eigenvalue weighted by molar-refractivity contribution is -0.274. The maximum Gasteiger partial charge on any atom is 0.573 e. The first-order chi connectivity index (χ1) is 12.2. The third-order valence-corrected chi connectivity index (χ3v) is 3.12. The Bertz CT molecular complexity index is 799. The van der Waals surface area contributed by atoms with E-state index in [0.717, 1.165) is 18.2 Å². The van der Waals surface area contributed by atoms with Crippen molar-refractivity contribution in [3.8, 4) is 5.75 Å². The molecule has 2 aromatic rings. The van der Waals surface area contributed by atoms with Crippen LogP contribution in [0, 0.1) is 0 Å². The second kappa shape index (κ2) is 8.56. The lowest BCUT2D eigenvalue weighted by Crippen LogP contribution is -2.20. The van der Waals surface area contributed by atoms with Gasteiger partial charge in [0.25, 0.3) is 5.91 Å². The van der Waals surface area contributed by atoms with Crippen molar-refractivity contribution in [2.45, 2.75) is 6.36 Å². The molecular weight excluding hydrogens is 423 g/mol. The van der Waals surface area contributed by atoms with Crippen molar-refractivity contribution < 1.29 is 36.7 Å². The molecule has 0 fully saturated rings. The molecule has 1 aromatic heterocycles. The number of carbonyl (C=O) groups excluding carboxylic acids is 2. The summed E-state index contributed by atoms with van der Waals surface area (Å²) in [4.78, 5) is 23.2. The fourth-order valence-electron chi connectivity index (χ4n) is 1.69. The van der Waals surface area contributed by atoms with E-state index in [1.54, 1.807) is 12.1 Å². The first-order valence-electron chi connectivity index (χ1n) is 6.97. The van der Waals surface area contributed by atoms with Gasteiger partial charge in [-0.15, -0.1) is 13.2 Å². The predicted molar refractivity (Wildman–Crippen MR) is 88.2 cm³/mol. The highest BCUT2D eigenvalue weighted by atomic mass is 79.9. The Morgan fingerprint density at radius 2 is 1.85 bits per heavy atom. The molecule has 6 nitrogen and oxygen atoms in total. The fraction of sp³-hybridized carbons (Fsp3) is 0.125. The number of benzene rings is 1. The third kappa shape index (κ3) is 7.01. The summed E-state index contributed by atoms with van der Waals surface area (Å²) in [6, 6.07) is 7.78. The molecule has 0 aliphatic carbocycles. The van der Waals surface area contributed by atoms with Crippen molar-refractivity contribution in [3.63, 3.8) is 0 Å². The van der Waals surface area contributed by atoms with E-state index >= 15 is 0 Å². The molecule has 0 aliphatic heterocycles. The normalized spacial score (nSPS) is 11.4. The van der Waals surface area contributed by atoms with E-state index < -0.39 is 30.6 Å². The van der Waals surface area contributed by atoms with E-state index in [2.05, 4.69) is 26.0 Å². The number of carbonyl (C=O) groups is 2. The standard InChI is InChI=1S/C16H11BrF3NO5/c17-13-7-5-11(25-13)6-8-15(23)24-9-14(22)21-10-1-3-12(4-2-10)26-16(18,19)20/h1-8H,9H2,(H,21,22). The molecule has 0 atom stereocenters. The Labute approximate surface area is 153 Å². The van der Waals surface area contributed by atoms with Crippen LogP contribution in [0.4, 0.5) is 18.9 Å². The molecule has 1 heterocycles. The lowest BCUT2D eigenvalue weighted by atomic mass is 10.3. The quantitative estimate of drug-likeness (QED) is 0.547. The summed E-state index contributed by atoms with van der Waals surface area (Å²) in [5, 5.41) is 2.36. The van der Waals surface area contributed by atoms with Crippen LogP contribution in [-0.2, 0) is 14.3 Å². The van der Waals surface area contributed by atoms with Crippen LogP contribution >= 0.6 is 15.9 Å². The number of hydrogen-bond acceptors (Lipinski definition) is 5. The van der Waals surface area contributed by atoms with Gasteiger partial charge in [0.1, 0.15) is 11.5 Å². The van der Waals surface area contributed by atoms with Crippen molar-refractivity contribution >= 4 is 39.6 Å². The fourth-order valence-corrected chi connectivity index (χ4v) is 2.01. The van der Waals surface area contributed by atoms with Crippen LogP contribution < -0.4 is 10.1 Å². The maximum absolute atomic E-state index is 12.0. The van der Waals surface area contributed by atoms with Gasteiger partial charge in [0.15, 0.2) is 11.3 Å². The number of furan rings is 1. The average Bonchev–Trinajstić information content (AvgIpc) is 2.97. The van der Waals surface area contributed by atoms with Gasteiger partial charge in [-0.25, -0.2) is 4.79 Å². The van der Waals surface area contributed by atoms with Gasteiger partial charge in [-0.05, 0) is 58.4 Å². The van der Waals surface area contributed by atoms with E-state index in [4.69, 9.17) is 9.15 Å². The summed E-state index contributed by atoms with van der Waals surface area (Å²) < 4.78 is 50.2. The number of anilines is 1. The minimum atomic E-state index is -4.79. The van der Waals surface area contributed by atoms with Crippen LogP contribution in [0.15, 0.2) is 51.6 Å². The zero-order valence-electron chi connectivity index (χ0n) is 12.9. The van der Waals surface area contributed by atoms with Gasteiger partial charge in [-0.2, -0.15) is 0 Å². The number of amides is 1. The van der Waals surface area contributed by atoms with E-state index in [1.165, 1.54) is 18.2 Å². The number of rotatable bonds is 6. The minimum absolute atomic E-state index is 0.219. The summed E-state index contributed by atoms with van der Waals surface area (Å²) in [6.45, 7) is -0.564. The number of esters is 1. The molecule has 0 saturated heterocycles. The molecule has 0 unspecified atom stereocenters. The predicted octanol–water partition coefficient (Wildman–Crippen LogP) is 4.14. The Morgan fingerprint density at radius 1 is 1.15 bits per heavy atom.